The number of fused-ring (bicyclic) bond motifs is 1. The van der Waals surface area contributed by atoms with E-state index in [4.69, 9.17) is 0 Å². The molecule has 3 aromatic rings. The second-order valence-corrected chi connectivity index (χ2v) is 7.19. The van der Waals surface area contributed by atoms with Gasteiger partial charge in [-0.1, -0.05) is 24.3 Å². The summed E-state index contributed by atoms with van der Waals surface area (Å²) >= 11 is 1.49. The molecule has 0 bridgehead atoms. The monoisotopic (exact) mass is 342 g/mol. The molecule has 2 aromatic heterocycles. The molecule has 1 amide bonds. The van der Waals surface area contributed by atoms with Crippen LogP contribution in [0, 0.1) is 0 Å². The van der Waals surface area contributed by atoms with E-state index < -0.39 is 5.60 Å². The Morgan fingerprint density at radius 2 is 2.12 bits per heavy atom. The average molecular weight is 342 g/mol. The number of rotatable bonds is 7. The molecule has 0 saturated carbocycles. The summed E-state index contributed by atoms with van der Waals surface area (Å²) in [6, 6.07) is 12.0. The second-order valence-electron chi connectivity index (χ2n) is 6.24. The number of amides is 1. The van der Waals surface area contributed by atoms with E-state index in [-0.39, 0.29) is 12.5 Å². The summed E-state index contributed by atoms with van der Waals surface area (Å²) in [7, 11) is 0. The van der Waals surface area contributed by atoms with Crippen molar-refractivity contribution in [2.45, 2.75) is 31.8 Å². The molecule has 0 saturated heterocycles. The Morgan fingerprint density at radius 1 is 1.29 bits per heavy atom. The number of aromatic nitrogens is 1. The third-order valence-corrected chi connectivity index (χ3v) is 5.33. The molecule has 0 aliphatic carbocycles. The third-order valence-electron chi connectivity index (χ3n) is 4.21. The number of H-pyrrole nitrogens is 1. The Labute approximate surface area is 145 Å². The number of benzene rings is 1. The summed E-state index contributed by atoms with van der Waals surface area (Å²) in [5, 5.41) is 16.4. The van der Waals surface area contributed by atoms with E-state index in [2.05, 4.69) is 22.4 Å². The van der Waals surface area contributed by atoms with Gasteiger partial charge in [-0.05, 0) is 42.8 Å². The lowest BCUT2D eigenvalue weighted by Crippen LogP contribution is -2.38. The van der Waals surface area contributed by atoms with Gasteiger partial charge in [-0.2, -0.15) is 0 Å². The highest BCUT2D eigenvalue weighted by Crippen LogP contribution is 2.24. The number of hydrogen-bond donors (Lipinski definition) is 3. The van der Waals surface area contributed by atoms with Crippen LogP contribution in [-0.2, 0) is 16.8 Å². The van der Waals surface area contributed by atoms with Crippen molar-refractivity contribution in [1.82, 2.24) is 10.3 Å². The van der Waals surface area contributed by atoms with E-state index in [0.29, 0.717) is 6.42 Å². The summed E-state index contributed by atoms with van der Waals surface area (Å²) in [4.78, 5) is 16.1. The van der Waals surface area contributed by atoms with Gasteiger partial charge in [0.25, 0.3) is 0 Å². The molecule has 3 rings (SSSR count). The number of carbonyl (C=O) groups excluding carboxylic acids is 1. The normalized spacial score (nSPS) is 13.8. The summed E-state index contributed by atoms with van der Waals surface area (Å²) in [5.74, 6) is -0.0216. The van der Waals surface area contributed by atoms with Crippen LogP contribution >= 0.6 is 11.3 Å². The number of nitrogens with one attached hydrogen (secondary N) is 2. The lowest BCUT2D eigenvalue weighted by Gasteiger charge is -2.22. The highest BCUT2D eigenvalue weighted by molar-refractivity contribution is 7.10. The highest BCUT2D eigenvalue weighted by atomic mass is 32.1. The van der Waals surface area contributed by atoms with E-state index >= 15 is 0 Å². The van der Waals surface area contributed by atoms with Crippen molar-refractivity contribution in [3.8, 4) is 0 Å². The number of aryl methyl sites for hydroxylation is 1. The number of aliphatic hydroxyl groups is 1. The van der Waals surface area contributed by atoms with Gasteiger partial charge in [0.1, 0.15) is 5.60 Å². The molecule has 5 heteroatoms. The Kier molecular flexibility index (Phi) is 5.02. The van der Waals surface area contributed by atoms with Crippen LogP contribution in [0.2, 0.25) is 0 Å². The molecule has 126 valence electrons. The molecule has 2 heterocycles. The Balaban J connectivity index is 1.46. The van der Waals surface area contributed by atoms with Gasteiger partial charge in [0.05, 0.1) is 6.54 Å². The third kappa shape index (κ3) is 3.86. The van der Waals surface area contributed by atoms with Crippen molar-refractivity contribution in [3.05, 3.63) is 58.4 Å². The molecule has 0 spiro atoms. The van der Waals surface area contributed by atoms with Crippen LogP contribution in [0.15, 0.2) is 48.0 Å². The molecule has 1 unspecified atom stereocenters. The van der Waals surface area contributed by atoms with Crippen molar-refractivity contribution < 1.29 is 9.90 Å². The summed E-state index contributed by atoms with van der Waals surface area (Å²) in [5.41, 5.74) is 1.36. The molecule has 1 atom stereocenters. The minimum absolute atomic E-state index is 0.0216. The van der Waals surface area contributed by atoms with Crippen molar-refractivity contribution in [1.29, 1.82) is 0 Å². The van der Waals surface area contributed by atoms with Crippen LogP contribution in [0.5, 0.6) is 0 Å². The fourth-order valence-electron chi connectivity index (χ4n) is 2.81. The van der Waals surface area contributed by atoms with E-state index in [1.165, 1.54) is 22.3 Å². The summed E-state index contributed by atoms with van der Waals surface area (Å²) < 4.78 is 0. The van der Waals surface area contributed by atoms with E-state index in [9.17, 15) is 9.90 Å². The fourth-order valence-corrected chi connectivity index (χ4v) is 3.60. The number of aromatic amines is 1. The van der Waals surface area contributed by atoms with Gasteiger partial charge in [-0.25, -0.2) is 0 Å². The number of thiophene rings is 1. The van der Waals surface area contributed by atoms with Gasteiger partial charge in [-0.15, -0.1) is 11.3 Å². The first-order chi connectivity index (χ1) is 11.6. The maximum Gasteiger partial charge on any atom is 0.220 e. The molecular weight excluding hydrogens is 320 g/mol. The predicted molar refractivity (Wildman–Crippen MR) is 98.1 cm³/mol. The standard InChI is InChI=1S/C19H22N2O2S/c1-19(23,17-9-5-11-24-17)13-21-18(22)10-4-6-14-12-20-16-8-3-2-7-15(14)16/h2-3,5,7-9,11-12,20,23H,4,6,10,13H2,1H3,(H,21,22). The van der Waals surface area contributed by atoms with Crippen LogP contribution in [0.25, 0.3) is 10.9 Å². The molecule has 0 fully saturated rings. The van der Waals surface area contributed by atoms with E-state index in [0.717, 1.165) is 23.2 Å². The molecule has 0 radical (unpaired) electrons. The van der Waals surface area contributed by atoms with Gasteiger partial charge < -0.3 is 15.4 Å². The maximum atomic E-state index is 12.0. The van der Waals surface area contributed by atoms with Crippen LogP contribution in [0.1, 0.15) is 30.2 Å². The zero-order valence-corrected chi connectivity index (χ0v) is 14.5. The van der Waals surface area contributed by atoms with Gasteiger partial charge in [0.15, 0.2) is 0 Å². The zero-order valence-electron chi connectivity index (χ0n) is 13.7. The highest BCUT2D eigenvalue weighted by Gasteiger charge is 2.24. The first-order valence-corrected chi connectivity index (χ1v) is 9.02. The molecular formula is C19H22N2O2S. The maximum absolute atomic E-state index is 12.0. The predicted octanol–water partition coefficient (Wildman–Crippen LogP) is 3.58. The van der Waals surface area contributed by atoms with Crippen molar-refractivity contribution in [3.63, 3.8) is 0 Å². The van der Waals surface area contributed by atoms with E-state index in [1.807, 2.05) is 35.8 Å². The first kappa shape index (κ1) is 16.7. The Morgan fingerprint density at radius 3 is 2.92 bits per heavy atom. The second kappa shape index (κ2) is 7.20. The topological polar surface area (TPSA) is 65.1 Å². The van der Waals surface area contributed by atoms with Crippen LogP contribution in [0.3, 0.4) is 0 Å². The first-order valence-electron chi connectivity index (χ1n) is 8.14. The minimum atomic E-state index is -1.01. The molecule has 24 heavy (non-hydrogen) atoms. The Hall–Kier alpha value is -2.11. The van der Waals surface area contributed by atoms with Gasteiger partial charge in [0.2, 0.25) is 5.91 Å². The van der Waals surface area contributed by atoms with Crippen molar-refractivity contribution >= 4 is 28.1 Å². The number of carbonyl (C=O) groups is 1. The van der Waals surface area contributed by atoms with Crippen LogP contribution in [0.4, 0.5) is 0 Å². The summed E-state index contributed by atoms with van der Waals surface area (Å²) in [6.07, 6.45) is 4.12. The fraction of sp³-hybridized carbons (Fsp3) is 0.316. The summed E-state index contributed by atoms with van der Waals surface area (Å²) in [6.45, 7) is 1.96. The van der Waals surface area contributed by atoms with Gasteiger partial charge in [-0.3, -0.25) is 4.79 Å². The van der Waals surface area contributed by atoms with Crippen LogP contribution < -0.4 is 5.32 Å². The van der Waals surface area contributed by atoms with Crippen molar-refractivity contribution in [2.75, 3.05) is 6.54 Å². The molecule has 0 aliphatic rings. The SMILES string of the molecule is CC(O)(CNC(=O)CCCc1c[nH]c2ccccc12)c1cccs1. The molecule has 0 aliphatic heterocycles. The molecule has 1 aromatic carbocycles. The Bertz CT molecular complexity index is 806. The number of para-hydroxylation sites is 1. The average Bonchev–Trinajstić information content (AvgIpc) is 3.24. The van der Waals surface area contributed by atoms with Gasteiger partial charge in [0, 0.05) is 28.4 Å². The minimum Gasteiger partial charge on any atom is -0.383 e. The zero-order chi connectivity index (χ0) is 17.0. The molecule has 3 N–H and O–H groups in total. The van der Waals surface area contributed by atoms with Gasteiger partial charge >= 0.3 is 0 Å². The lowest BCUT2D eigenvalue weighted by molar-refractivity contribution is -0.122. The van der Waals surface area contributed by atoms with E-state index in [1.54, 1.807) is 6.92 Å². The number of hydrogen-bond acceptors (Lipinski definition) is 3. The quantitative estimate of drug-likeness (QED) is 0.614. The lowest BCUT2D eigenvalue weighted by atomic mass is 10.0. The van der Waals surface area contributed by atoms with Crippen molar-refractivity contribution in [2.24, 2.45) is 0 Å². The molecule has 4 nitrogen and oxygen atoms in total. The van der Waals surface area contributed by atoms with Crippen LogP contribution in [-0.4, -0.2) is 22.5 Å². The smallest absolute Gasteiger partial charge is 0.220 e. The largest absolute Gasteiger partial charge is 0.383 e.